The van der Waals surface area contributed by atoms with E-state index in [2.05, 4.69) is 6.58 Å². The van der Waals surface area contributed by atoms with Gasteiger partial charge in [0.1, 0.15) is 23.0 Å². The second-order valence-corrected chi connectivity index (χ2v) is 11.0. The van der Waals surface area contributed by atoms with E-state index in [9.17, 15) is 19.2 Å². The number of unbranched alkanes of at least 4 members (excludes halogenated alkanes) is 2. The van der Waals surface area contributed by atoms with Crippen LogP contribution in [0.25, 0.3) is 10.8 Å². The van der Waals surface area contributed by atoms with E-state index < -0.39 is 17.9 Å². The van der Waals surface area contributed by atoms with Crippen LogP contribution in [0.3, 0.4) is 0 Å². The number of allylic oxidation sites excluding steroid dienone is 1. The minimum absolute atomic E-state index is 0.295. The first-order valence-corrected chi connectivity index (χ1v) is 16.3. The van der Waals surface area contributed by atoms with Gasteiger partial charge in [-0.15, -0.1) is 0 Å². The highest BCUT2D eigenvalue weighted by Gasteiger charge is 2.17. The van der Waals surface area contributed by atoms with Crippen LogP contribution < -0.4 is 18.9 Å². The molecule has 4 aromatic carbocycles. The van der Waals surface area contributed by atoms with Crippen molar-refractivity contribution in [2.75, 3.05) is 26.4 Å². The number of fused-ring (bicyclic) bond motifs is 1. The van der Waals surface area contributed by atoms with E-state index in [1.54, 1.807) is 91.9 Å². The highest BCUT2D eigenvalue weighted by Crippen LogP contribution is 2.36. The second-order valence-electron chi connectivity index (χ2n) is 11.0. The van der Waals surface area contributed by atoms with Crippen LogP contribution in [-0.2, 0) is 19.1 Å². The molecule has 0 bridgehead atoms. The normalized spacial score (nSPS) is 10.8. The predicted molar refractivity (Wildman–Crippen MR) is 188 cm³/mol. The maximum atomic E-state index is 13.1. The third kappa shape index (κ3) is 11.1. The average molecular weight is 681 g/mol. The van der Waals surface area contributed by atoms with Crippen molar-refractivity contribution in [3.63, 3.8) is 0 Å². The minimum atomic E-state index is -0.551. The molecule has 0 aromatic heterocycles. The zero-order valence-corrected chi connectivity index (χ0v) is 28.2. The summed E-state index contributed by atoms with van der Waals surface area (Å²) >= 11 is 0. The van der Waals surface area contributed by atoms with Gasteiger partial charge in [0.15, 0.2) is 0 Å². The summed E-state index contributed by atoms with van der Waals surface area (Å²) < 4.78 is 33.1. The summed E-state index contributed by atoms with van der Waals surface area (Å²) in [5.41, 5.74) is 1.51. The van der Waals surface area contributed by atoms with Gasteiger partial charge >= 0.3 is 23.9 Å². The van der Waals surface area contributed by atoms with Gasteiger partial charge in [-0.1, -0.05) is 30.9 Å². The van der Waals surface area contributed by atoms with Crippen molar-refractivity contribution in [1.82, 2.24) is 0 Å². The lowest BCUT2D eigenvalue weighted by Gasteiger charge is -2.14. The van der Waals surface area contributed by atoms with Crippen LogP contribution in [-0.4, -0.2) is 50.3 Å². The molecule has 0 aliphatic rings. The molecule has 4 aromatic rings. The molecular weight excluding hydrogens is 640 g/mol. The Morgan fingerprint density at radius 3 is 1.68 bits per heavy atom. The molecule has 4 rings (SSSR count). The van der Waals surface area contributed by atoms with E-state index in [1.165, 1.54) is 6.08 Å². The van der Waals surface area contributed by atoms with Crippen LogP contribution >= 0.6 is 0 Å². The number of ether oxygens (including phenoxy) is 6. The first-order chi connectivity index (χ1) is 24.3. The predicted octanol–water partition coefficient (Wildman–Crippen LogP) is 7.75. The Hall–Kier alpha value is -5.90. The van der Waals surface area contributed by atoms with Gasteiger partial charge in [-0.2, -0.15) is 0 Å². The van der Waals surface area contributed by atoms with Crippen LogP contribution in [0.15, 0.2) is 104 Å². The highest BCUT2D eigenvalue weighted by molar-refractivity contribution is 6.01. The van der Waals surface area contributed by atoms with E-state index in [0.29, 0.717) is 97.0 Å². The molecule has 0 unspecified atom stereocenters. The van der Waals surface area contributed by atoms with E-state index in [1.807, 2.05) is 6.92 Å². The van der Waals surface area contributed by atoms with Crippen molar-refractivity contribution in [2.45, 2.75) is 39.5 Å². The van der Waals surface area contributed by atoms with Crippen molar-refractivity contribution in [2.24, 2.45) is 0 Å². The van der Waals surface area contributed by atoms with Gasteiger partial charge in [0.05, 0.1) is 37.6 Å². The molecule has 50 heavy (non-hydrogen) atoms. The lowest BCUT2D eigenvalue weighted by Crippen LogP contribution is -2.10. The Kier molecular flexibility index (Phi) is 14.2. The molecular formula is C40H40O10. The van der Waals surface area contributed by atoms with Crippen molar-refractivity contribution in [1.29, 1.82) is 0 Å². The van der Waals surface area contributed by atoms with Crippen LogP contribution in [0, 0.1) is 6.92 Å². The van der Waals surface area contributed by atoms with Crippen molar-refractivity contribution in [3.05, 3.63) is 120 Å². The molecule has 0 radical (unpaired) electrons. The maximum absolute atomic E-state index is 13.1. The van der Waals surface area contributed by atoms with Gasteiger partial charge in [-0.3, -0.25) is 0 Å². The maximum Gasteiger partial charge on any atom is 0.343 e. The summed E-state index contributed by atoms with van der Waals surface area (Å²) in [7, 11) is 0. The van der Waals surface area contributed by atoms with Crippen molar-refractivity contribution in [3.8, 4) is 23.0 Å². The molecule has 0 saturated heterocycles. The summed E-state index contributed by atoms with van der Waals surface area (Å²) in [6.07, 6.45) is 6.84. The molecule has 10 nitrogen and oxygen atoms in total. The zero-order chi connectivity index (χ0) is 35.7. The highest BCUT2D eigenvalue weighted by atomic mass is 16.5. The SMILES string of the molecule is C=CC(=O)OCCCCOc1ccc(C(=O)Oc2cccc3c(OC(=O)c4ccc(OCCCCOC(=O)/C=C/C)cc4)ccc(C)c23)cc1. The summed E-state index contributed by atoms with van der Waals surface area (Å²) in [6, 6.07) is 22.0. The van der Waals surface area contributed by atoms with E-state index in [0.717, 1.165) is 11.6 Å². The summed E-state index contributed by atoms with van der Waals surface area (Å²) in [5, 5.41) is 1.26. The molecule has 260 valence electrons. The van der Waals surface area contributed by atoms with Crippen LogP contribution in [0.2, 0.25) is 0 Å². The third-order valence-corrected chi connectivity index (χ3v) is 7.33. The largest absolute Gasteiger partial charge is 0.494 e. The standard InChI is InChI=1S/C40H40O10/c1-4-11-37(42)48-27-9-7-25-46-31-19-15-29(16-20-31)39(43)49-34-23-14-28(3)38-33(34)12-10-13-35(38)50-40(44)30-17-21-32(22-18-30)45-24-6-8-26-47-36(41)5-2/h4-5,10-23H,2,6-9,24-27H2,1,3H3/b11-4+. The van der Waals surface area contributed by atoms with Crippen LogP contribution in [0.5, 0.6) is 23.0 Å². The molecule has 10 heteroatoms. The summed E-state index contributed by atoms with van der Waals surface area (Å²) in [5.74, 6) is -0.0659. The fraction of sp³-hybridized carbons (Fsp3) is 0.250. The van der Waals surface area contributed by atoms with Crippen LogP contribution in [0.4, 0.5) is 0 Å². The fourth-order valence-electron chi connectivity index (χ4n) is 4.76. The fourth-order valence-corrected chi connectivity index (χ4v) is 4.76. The Morgan fingerprint density at radius 2 is 1.14 bits per heavy atom. The molecule has 0 saturated carbocycles. The monoisotopic (exact) mass is 680 g/mol. The van der Waals surface area contributed by atoms with Gasteiger partial charge in [-0.05, 0) is 106 Å². The zero-order valence-electron chi connectivity index (χ0n) is 28.2. The van der Waals surface area contributed by atoms with Gasteiger partial charge in [0, 0.05) is 22.9 Å². The quantitative estimate of drug-likeness (QED) is 0.0446. The number of aryl methyl sites for hydroxylation is 1. The average Bonchev–Trinajstić information content (AvgIpc) is 3.12. The molecule has 0 fully saturated rings. The Morgan fingerprint density at radius 1 is 0.620 bits per heavy atom. The van der Waals surface area contributed by atoms with E-state index in [-0.39, 0.29) is 5.97 Å². The molecule has 0 N–H and O–H groups in total. The Balaban J connectivity index is 1.31. The van der Waals surface area contributed by atoms with Gasteiger partial charge < -0.3 is 28.4 Å². The number of hydrogen-bond donors (Lipinski definition) is 0. The van der Waals surface area contributed by atoms with Crippen molar-refractivity contribution >= 4 is 34.6 Å². The number of benzene rings is 4. The first-order valence-electron chi connectivity index (χ1n) is 16.3. The van der Waals surface area contributed by atoms with Gasteiger partial charge in [0.25, 0.3) is 0 Å². The summed E-state index contributed by atoms with van der Waals surface area (Å²) in [6.45, 7) is 8.47. The first kappa shape index (κ1) is 36.9. The minimum Gasteiger partial charge on any atom is -0.494 e. The van der Waals surface area contributed by atoms with E-state index >= 15 is 0 Å². The molecule has 0 aliphatic heterocycles. The van der Waals surface area contributed by atoms with Crippen LogP contribution in [0.1, 0.15) is 58.9 Å². The van der Waals surface area contributed by atoms with Crippen molar-refractivity contribution < 1.29 is 47.6 Å². The molecule has 0 amide bonds. The van der Waals surface area contributed by atoms with Gasteiger partial charge in [-0.25, -0.2) is 19.2 Å². The molecule has 0 spiro atoms. The molecule has 0 aliphatic carbocycles. The van der Waals surface area contributed by atoms with E-state index in [4.69, 9.17) is 28.4 Å². The lowest BCUT2D eigenvalue weighted by molar-refractivity contribution is -0.138. The molecule has 0 atom stereocenters. The summed E-state index contributed by atoms with van der Waals surface area (Å²) in [4.78, 5) is 48.6. The smallest absolute Gasteiger partial charge is 0.343 e. The molecule has 0 heterocycles. The topological polar surface area (TPSA) is 124 Å². The Labute approximate surface area is 291 Å². The number of esters is 4. The lowest BCUT2D eigenvalue weighted by atomic mass is 10.0. The third-order valence-electron chi connectivity index (χ3n) is 7.33. The second kappa shape index (κ2) is 19.2. The number of carbonyl (C=O) groups is 4. The number of carbonyl (C=O) groups excluding carboxylic acids is 4. The van der Waals surface area contributed by atoms with Gasteiger partial charge in [0.2, 0.25) is 0 Å². The number of rotatable bonds is 18. The number of hydrogen-bond acceptors (Lipinski definition) is 10. The Bertz CT molecular complexity index is 1810.